The lowest BCUT2D eigenvalue weighted by molar-refractivity contribution is 0.167. The molecule has 0 aliphatic carbocycles. The molecule has 3 heteroatoms. The molecule has 4 aliphatic rings. The lowest BCUT2D eigenvalue weighted by Crippen LogP contribution is -2.43. The summed E-state index contributed by atoms with van der Waals surface area (Å²) in [7, 11) is 0. The quantitative estimate of drug-likeness (QED) is 0.754. The first-order valence-electron chi connectivity index (χ1n) is 7.22. The zero-order valence-electron chi connectivity index (χ0n) is 11.2. The maximum absolute atomic E-state index is 5.76. The molecule has 1 unspecified atom stereocenters. The molecule has 2 saturated heterocycles. The second kappa shape index (κ2) is 4.27. The average molecular weight is 256 g/mol. The molecular formula is C16H20N2O. The minimum atomic E-state index is 0.614. The van der Waals surface area contributed by atoms with Crippen molar-refractivity contribution in [3.05, 3.63) is 48.0 Å². The third-order valence-corrected chi connectivity index (χ3v) is 4.79. The summed E-state index contributed by atoms with van der Waals surface area (Å²) in [6.07, 6.45) is 11.2. The van der Waals surface area contributed by atoms with Gasteiger partial charge in [-0.15, -0.1) is 0 Å². The standard InChI is InChI=1S/C16H20N2O/c1-2-13-11-19-16-10-18(6-4-15(13)16)14-7-12-3-5-17(8-12)9-14/h2,4,6,10,12,14H,1,3,5,7-9,11H2/t12-,14-/m1/s1. The summed E-state index contributed by atoms with van der Waals surface area (Å²) in [5.74, 6) is 1.92. The van der Waals surface area contributed by atoms with Gasteiger partial charge in [-0.25, -0.2) is 0 Å². The largest absolute Gasteiger partial charge is 0.487 e. The smallest absolute Gasteiger partial charge is 0.143 e. The molecule has 100 valence electrons. The monoisotopic (exact) mass is 256 g/mol. The van der Waals surface area contributed by atoms with Gasteiger partial charge in [0.1, 0.15) is 12.4 Å². The van der Waals surface area contributed by atoms with Gasteiger partial charge in [-0.3, -0.25) is 0 Å². The van der Waals surface area contributed by atoms with Crippen molar-refractivity contribution in [2.24, 2.45) is 5.92 Å². The molecule has 0 spiro atoms. The van der Waals surface area contributed by atoms with E-state index in [1.165, 1.54) is 43.6 Å². The number of ether oxygens (including phenoxy) is 1. The van der Waals surface area contributed by atoms with Crippen molar-refractivity contribution in [2.45, 2.75) is 18.9 Å². The maximum atomic E-state index is 5.76. The molecule has 0 radical (unpaired) electrons. The number of fused-ring (bicyclic) bond motifs is 3. The Kier molecular flexibility index (Phi) is 2.55. The predicted octanol–water partition coefficient (Wildman–Crippen LogP) is 2.26. The fourth-order valence-corrected chi connectivity index (χ4v) is 3.74. The van der Waals surface area contributed by atoms with Gasteiger partial charge in [0.25, 0.3) is 0 Å². The van der Waals surface area contributed by atoms with Crippen LogP contribution in [0.5, 0.6) is 0 Å². The van der Waals surface area contributed by atoms with Crippen LogP contribution < -0.4 is 0 Å². The van der Waals surface area contributed by atoms with Crippen LogP contribution in [0.2, 0.25) is 0 Å². The van der Waals surface area contributed by atoms with Crippen LogP contribution >= 0.6 is 0 Å². The molecule has 19 heavy (non-hydrogen) atoms. The first-order chi connectivity index (χ1) is 9.33. The van der Waals surface area contributed by atoms with Crippen molar-refractivity contribution in [1.29, 1.82) is 0 Å². The summed E-state index contributed by atoms with van der Waals surface area (Å²) < 4.78 is 5.76. The molecule has 0 aromatic rings. The molecule has 4 rings (SSSR count). The molecule has 0 aromatic heterocycles. The molecule has 0 amide bonds. The van der Waals surface area contributed by atoms with E-state index in [9.17, 15) is 0 Å². The fraction of sp³-hybridized carbons (Fsp3) is 0.500. The summed E-state index contributed by atoms with van der Waals surface area (Å²) in [6, 6.07) is 0.614. The van der Waals surface area contributed by atoms with Gasteiger partial charge in [-0.05, 0) is 37.0 Å². The van der Waals surface area contributed by atoms with E-state index in [2.05, 4.69) is 34.9 Å². The van der Waals surface area contributed by atoms with E-state index < -0.39 is 0 Å². The van der Waals surface area contributed by atoms with Crippen molar-refractivity contribution in [3.8, 4) is 0 Å². The van der Waals surface area contributed by atoms with E-state index in [0.29, 0.717) is 12.6 Å². The van der Waals surface area contributed by atoms with Crippen LogP contribution in [0.25, 0.3) is 0 Å². The zero-order valence-corrected chi connectivity index (χ0v) is 11.2. The van der Waals surface area contributed by atoms with Gasteiger partial charge in [0, 0.05) is 37.1 Å². The van der Waals surface area contributed by atoms with Crippen LogP contribution in [0.1, 0.15) is 12.8 Å². The topological polar surface area (TPSA) is 15.7 Å². The highest BCUT2D eigenvalue weighted by Gasteiger charge is 2.35. The van der Waals surface area contributed by atoms with E-state index in [-0.39, 0.29) is 0 Å². The SMILES string of the molecule is C=CC1=C2C=CN([C@@H]3C[C@H]4CCN(C4)C3)C=C2OC1. The van der Waals surface area contributed by atoms with Crippen molar-refractivity contribution in [3.63, 3.8) is 0 Å². The summed E-state index contributed by atoms with van der Waals surface area (Å²) >= 11 is 0. The van der Waals surface area contributed by atoms with Gasteiger partial charge in [0.15, 0.2) is 0 Å². The number of allylic oxidation sites excluding steroid dienone is 1. The van der Waals surface area contributed by atoms with Crippen LogP contribution in [-0.4, -0.2) is 42.1 Å². The van der Waals surface area contributed by atoms with E-state index in [1.807, 2.05) is 6.08 Å². The van der Waals surface area contributed by atoms with Gasteiger partial charge in [-0.1, -0.05) is 12.7 Å². The zero-order chi connectivity index (χ0) is 12.8. The lowest BCUT2D eigenvalue weighted by Gasteiger charge is -2.37. The van der Waals surface area contributed by atoms with Crippen LogP contribution in [0.3, 0.4) is 0 Å². The van der Waals surface area contributed by atoms with Crippen LogP contribution in [0.4, 0.5) is 0 Å². The molecule has 2 fully saturated rings. The first-order valence-corrected chi connectivity index (χ1v) is 7.22. The minimum absolute atomic E-state index is 0.614. The minimum Gasteiger partial charge on any atom is -0.487 e. The lowest BCUT2D eigenvalue weighted by atomic mass is 9.95. The van der Waals surface area contributed by atoms with Crippen molar-refractivity contribution in [2.75, 3.05) is 26.2 Å². The Labute approximate surface area is 114 Å². The highest BCUT2D eigenvalue weighted by molar-refractivity contribution is 5.49. The molecule has 0 saturated carbocycles. The molecular weight excluding hydrogens is 236 g/mol. The van der Waals surface area contributed by atoms with Crippen molar-refractivity contribution >= 4 is 0 Å². The van der Waals surface area contributed by atoms with Gasteiger partial charge < -0.3 is 14.5 Å². The van der Waals surface area contributed by atoms with Gasteiger partial charge in [0.05, 0.1) is 0 Å². The molecule has 4 heterocycles. The molecule has 2 bridgehead atoms. The summed E-state index contributed by atoms with van der Waals surface area (Å²) in [5.41, 5.74) is 2.42. The molecule has 0 aromatic carbocycles. The van der Waals surface area contributed by atoms with Gasteiger partial charge in [-0.2, -0.15) is 0 Å². The third-order valence-electron chi connectivity index (χ3n) is 4.79. The molecule has 4 aliphatic heterocycles. The Hall–Kier alpha value is -1.48. The first kappa shape index (κ1) is 11.4. The highest BCUT2D eigenvalue weighted by Crippen LogP contribution is 2.34. The third kappa shape index (κ3) is 1.84. The molecule has 0 N–H and O–H groups in total. The van der Waals surface area contributed by atoms with E-state index in [4.69, 9.17) is 4.74 Å². The normalized spacial score (nSPS) is 36.1. The number of hydrogen-bond donors (Lipinski definition) is 0. The van der Waals surface area contributed by atoms with Gasteiger partial charge in [0.2, 0.25) is 0 Å². The molecule has 3 atom stereocenters. The molecule has 3 nitrogen and oxygen atoms in total. The van der Waals surface area contributed by atoms with Crippen LogP contribution in [0, 0.1) is 5.92 Å². The number of nitrogens with zero attached hydrogens (tertiary/aromatic N) is 2. The maximum Gasteiger partial charge on any atom is 0.143 e. The van der Waals surface area contributed by atoms with Crippen LogP contribution in [-0.2, 0) is 4.74 Å². The Morgan fingerprint density at radius 2 is 2.32 bits per heavy atom. The van der Waals surface area contributed by atoms with E-state index in [0.717, 1.165) is 11.7 Å². The van der Waals surface area contributed by atoms with Crippen molar-refractivity contribution in [1.82, 2.24) is 9.80 Å². The second-order valence-corrected chi connectivity index (χ2v) is 5.99. The van der Waals surface area contributed by atoms with Crippen molar-refractivity contribution < 1.29 is 4.74 Å². The fourth-order valence-electron chi connectivity index (χ4n) is 3.74. The number of piperidine rings is 1. The summed E-state index contributed by atoms with van der Waals surface area (Å²) in [4.78, 5) is 4.95. The Morgan fingerprint density at radius 1 is 1.37 bits per heavy atom. The van der Waals surface area contributed by atoms with E-state index >= 15 is 0 Å². The summed E-state index contributed by atoms with van der Waals surface area (Å²) in [6.45, 7) is 8.31. The Morgan fingerprint density at radius 3 is 3.16 bits per heavy atom. The Bertz CT molecular complexity index is 491. The Balaban J connectivity index is 1.56. The number of rotatable bonds is 2. The predicted molar refractivity (Wildman–Crippen MR) is 75.2 cm³/mol. The average Bonchev–Trinajstić information content (AvgIpc) is 3.01. The van der Waals surface area contributed by atoms with Crippen LogP contribution in [0.15, 0.2) is 48.0 Å². The van der Waals surface area contributed by atoms with Gasteiger partial charge >= 0.3 is 0 Å². The number of hydrogen-bond acceptors (Lipinski definition) is 3. The second-order valence-electron chi connectivity index (χ2n) is 5.99. The summed E-state index contributed by atoms with van der Waals surface area (Å²) in [5, 5.41) is 0. The van der Waals surface area contributed by atoms with E-state index in [1.54, 1.807) is 0 Å². The highest BCUT2D eigenvalue weighted by atomic mass is 16.5.